The molecule has 138 valence electrons. The minimum atomic E-state index is -3.46. The second-order valence-electron chi connectivity index (χ2n) is 7.20. The molecule has 2 unspecified atom stereocenters. The van der Waals surface area contributed by atoms with E-state index in [0.717, 1.165) is 25.2 Å². The molecule has 2 atom stereocenters. The molecule has 2 bridgehead atoms. The van der Waals surface area contributed by atoms with Crippen molar-refractivity contribution in [1.82, 2.24) is 14.9 Å². The van der Waals surface area contributed by atoms with Crippen molar-refractivity contribution in [1.29, 1.82) is 0 Å². The third-order valence-corrected chi connectivity index (χ3v) is 6.81. The second kappa shape index (κ2) is 7.48. The number of likely N-dealkylation sites (tertiary alicyclic amines) is 1. The molecule has 5 nitrogen and oxygen atoms in total. The largest absolute Gasteiger partial charge is 0.311 e. The summed E-state index contributed by atoms with van der Waals surface area (Å²) in [4.78, 5) is 2.82. The van der Waals surface area contributed by atoms with Crippen LogP contribution < -0.4 is 10.0 Å². The highest BCUT2D eigenvalue weighted by Crippen LogP contribution is 2.25. The lowest BCUT2D eigenvalue weighted by atomic mass is 10.2. The molecule has 0 amide bonds. The minimum absolute atomic E-state index is 0.332. The first-order valence-corrected chi connectivity index (χ1v) is 10.7. The van der Waals surface area contributed by atoms with Crippen LogP contribution in [0.2, 0.25) is 0 Å². The fourth-order valence-corrected chi connectivity index (χ4v) is 4.94. The van der Waals surface area contributed by atoms with Gasteiger partial charge in [0.1, 0.15) is 0 Å². The van der Waals surface area contributed by atoms with E-state index in [2.05, 4.69) is 14.9 Å². The summed E-state index contributed by atoms with van der Waals surface area (Å²) in [5.41, 5.74) is 2.29. The van der Waals surface area contributed by atoms with Crippen molar-refractivity contribution < 1.29 is 8.42 Å². The number of sulfonamides is 1. The number of nitrogens with one attached hydrogen (secondary N) is 2. The maximum absolute atomic E-state index is 12.5. The van der Waals surface area contributed by atoms with E-state index in [1.54, 1.807) is 12.1 Å². The van der Waals surface area contributed by atoms with Gasteiger partial charge in [0.2, 0.25) is 10.0 Å². The Bertz CT molecular complexity index is 837. The van der Waals surface area contributed by atoms with Crippen LogP contribution in [0.3, 0.4) is 0 Å². The quantitative estimate of drug-likeness (QED) is 0.779. The lowest BCUT2D eigenvalue weighted by molar-refractivity contribution is 0.218. The zero-order valence-corrected chi connectivity index (χ0v) is 15.6. The first kappa shape index (κ1) is 17.7. The van der Waals surface area contributed by atoms with Gasteiger partial charge in [0.15, 0.2) is 0 Å². The van der Waals surface area contributed by atoms with E-state index < -0.39 is 10.0 Å². The van der Waals surface area contributed by atoms with Crippen molar-refractivity contribution in [2.24, 2.45) is 0 Å². The summed E-state index contributed by atoms with van der Waals surface area (Å²) in [5, 5.41) is 3.50. The number of rotatable bonds is 7. The topological polar surface area (TPSA) is 61.4 Å². The number of hydrogen-bond donors (Lipinski definition) is 2. The highest BCUT2D eigenvalue weighted by atomic mass is 32.2. The van der Waals surface area contributed by atoms with E-state index in [1.165, 1.54) is 12.0 Å². The highest BCUT2D eigenvalue weighted by molar-refractivity contribution is 7.89. The molecular weight excluding hydrogens is 346 g/mol. The van der Waals surface area contributed by atoms with Crippen LogP contribution >= 0.6 is 0 Å². The van der Waals surface area contributed by atoms with E-state index in [0.29, 0.717) is 29.9 Å². The van der Waals surface area contributed by atoms with Crippen molar-refractivity contribution in [2.75, 3.05) is 19.6 Å². The zero-order chi connectivity index (χ0) is 18.0. The number of fused-ring (bicyclic) bond motifs is 2. The zero-order valence-electron chi connectivity index (χ0n) is 14.8. The summed E-state index contributed by atoms with van der Waals surface area (Å²) in [7, 11) is -3.46. The molecule has 6 heteroatoms. The molecule has 2 aromatic carbocycles. The lowest BCUT2D eigenvalue weighted by Gasteiger charge is -2.27. The Morgan fingerprint density at radius 1 is 1.04 bits per heavy atom. The van der Waals surface area contributed by atoms with Crippen molar-refractivity contribution in [3.05, 3.63) is 65.7 Å². The van der Waals surface area contributed by atoms with E-state index >= 15 is 0 Å². The molecule has 2 aliphatic heterocycles. The monoisotopic (exact) mass is 371 g/mol. The Labute approximate surface area is 155 Å². The molecule has 0 aliphatic carbocycles. The first-order valence-electron chi connectivity index (χ1n) is 9.20. The molecule has 2 aliphatic rings. The third-order valence-electron chi connectivity index (χ3n) is 5.34. The molecule has 4 rings (SSSR count). The average molecular weight is 372 g/mol. The fraction of sp³-hybridized carbons (Fsp3) is 0.400. The standard InChI is InChI=1S/C20H25N3O2S/c24-26(25,22-11-10-16-4-2-1-3-5-16)20-8-6-17(7-9-20)14-23-15-18-12-19(23)13-21-18/h1-9,18-19,21-22H,10-15H2. The van der Waals surface area contributed by atoms with Gasteiger partial charge in [-0.25, -0.2) is 13.1 Å². The van der Waals surface area contributed by atoms with Crippen LogP contribution in [-0.4, -0.2) is 45.0 Å². The molecular formula is C20H25N3O2S. The maximum Gasteiger partial charge on any atom is 0.240 e. The molecule has 0 aromatic heterocycles. The van der Waals surface area contributed by atoms with Crippen molar-refractivity contribution in [3.63, 3.8) is 0 Å². The van der Waals surface area contributed by atoms with Crippen LogP contribution in [0.5, 0.6) is 0 Å². The Morgan fingerprint density at radius 2 is 1.81 bits per heavy atom. The summed E-state index contributed by atoms with van der Waals surface area (Å²) < 4.78 is 27.6. The molecule has 2 aromatic rings. The summed E-state index contributed by atoms with van der Waals surface area (Å²) in [6.07, 6.45) is 1.92. The maximum atomic E-state index is 12.5. The van der Waals surface area contributed by atoms with E-state index in [1.807, 2.05) is 42.5 Å². The van der Waals surface area contributed by atoms with Gasteiger partial charge >= 0.3 is 0 Å². The minimum Gasteiger partial charge on any atom is -0.311 e. The van der Waals surface area contributed by atoms with Gasteiger partial charge in [-0.15, -0.1) is 0 Å². The Balaban J connectivity index is 1.33. The van der Waals surface area contributed by atoms with Crippen molar-refractivity contribution in [3.8, 4) is 0 Å². The van der Waals surface area contributed by atoms with E-state index in [9.17, 15) is 8.42 Å². The normalized spacial score (nSPS) is 22.8. The molecule has 0 spiro atoms. The Kier molecular flexibility index (Phi) is 5.09. The SMILES string of the molecule is O=S(=O)(NCCc1ccccc1)c1ccc(CN2CC3CC2CN3)cc1. The van der Waals surface area contributed by atoms with Gasteiger partial charge < -0.3 is 5.32 Å². The molecule has 2 saturated heterocycles. The number of piperazine rings is 1. The fourth-order valence-electron chi connectivity index (χ4n) is 3.91. The lowest BCUT2D eigenvalue weighted by Crippen LogP contribution is -2.42. The van der Waals surface area contributed by atoms with Crippen molar-refractivity contribution >= 4 is 10.0 Å². The smallest absolute Gasteiger partial charge is 0.240 e. The third kappa shape index (κ3) is 3.99. The first-order chi connectivity index (χ1) is 12.6. The average Bonchev–Trinajstić information content (AvgIpc) is 3.26. The van der Waals surface area contributed by atoms with E-state index in [-0.39, 0.29) is 0 Å². The highest BCUT2D eigenvalue weighted by Gasteiger charge is 2.37. The predicted molar refractivity (Wildman–Crippen MR) is 102 cm³/mol. The molecule has 26 heavy (non-hydrogen) atoms. The summed E-state index contributed by atoms with van der Waals surface area (Å²) in [6, 6.07) is 18.5. The van der Waals surface area contributed by atoms with Gasteiger partial charge in [-0.3, -0.25) is 4.90 Å². The van der Waals surface area contributed by atoms with Gasteiger partial charge in [-0.1, -0.05) is 42.5 Å². The summed E-state index contributed by atoms with van der Waals surface area (Å²) in [5.74, 6) is 0. The molecule has 2 fully saturated rings. The van der Waals surface area contributed by atoms with Gasteiger partial charge in [0.05, 0.1) is 4.90 Å². The molecule has 2 N–H and O–H groups in total. The van der Waals surface area contributed by atoms with Crippen molar-refractivity contribution in [2.45, 2.75) is 36.4 Å². The van der Waals surface area contributed by atoms with Gasteiger partial charge in [0.25, 0.3) is 0 Å². The number of benzene rings is 2. The van der Waals surface area contributed by atoms with E-state index in [4.69, 9.17) is 0 Å². The molecule has 2 heterocycles. The number of hydrogen-bond acceptors (Lipinski definition) is 4. The van der Waals surface area contributed by atoms with Crippen LogP contribution in [0.15, 0.2) is 59.5 Å². The van der Waals surface area contributed by atoms with Gasteiger partial charge in [0, 0.05) is 38.3 Å². The second-order valence-corrected chi connectivity index (χ2v) is 8.97. The Morgan fingerprint density at radius 3 is 2.46 bits per heavy atom. The predicted octanol–water partition coefficient (Wildman–Crippen LogP) is 1.75. The van der Waals surface area contributed by atoms with Crippen LogP contribution in [0.4, 0.5) is 0 Å². The van der Waals surface area contributed by atoms with Crippen LogP contribution in [-0.2, 0) is 23.0 Å². The van der Waals surface area contributed by atoms with Crippen LogP contribution in [0.25, 0.3) is 0 Å². The van der Waals surface area contributed by atoms with Gasteiger partial charge in [-0.05, 0) is 36.1 Å². The summed E-state index contributed by atoms with van der Waals surface area (Å²) in [6.45, 7) is 3.46. The van der Waals surface area contributed by atoms with Crippen LogP contribution in [0.1, 0.15) is 17.5 Å². The Hall–Kier alpha value is -1.73. The van der Waals surface area contributed by atoms with Crippen LogP contribution in [0, 0.1) is 0 Å². The summed E-state index contributed by atoms with van der Waals surface area (Å²) >= 11 is 0. The number of nitrogens with zero attached hydrogens (tertiary/aromatic N) is 1. The molecule has 0 saturated carbocycles. The van der Waals surface area contributed by atoms with Gasteiger partial charge in [-0.2, -0.15) is 0 Å². The molecule has 0 radical (unpaired) electrons.